The molecular formula is C36H68N12S+4. The summed E-state index contributed by atoms with van der Waals surface area (Å²) in [5, 5.41) is 0. The molecule has 0 radical (unpaired) electrons. The van der Waals surface area contributed by atoms with Crippen LogP contribution in [0.1, 0.15) is 52.8 Å². The van der Waals surface area contributed by atoms with Crippen LogP contribution >= 0.6 is 11.8 Å². The zero-order valence-electron chi connectivity index (χ0n) is 32.9. The van der Waals surface area contributed by atoms with Gasteiger partial charge in [-0.2, -0.15) is 4.58 Å². The average Bonchev–Trinajstić information content (AvgIpc) is 3.81. The molecule has 4 heterocycles. The maximum absolute atomic E-state index is 4.37. The van der Waals surface area contributed by atoms with Crippen LogP contribution in [0.5, 0.6) is 0 Å². The van der Waals surface area contributed by atoms with Crippen LogP contribution < -0.4 is 0 Å². The molecule has 0 atom stereocenters. The van der Waals surface area contributed by atoms with Crippen molar-refractivity contribution in [2.24, 2.45) is 0 Å². The number of hydrogen-bond acceptors (Lipinski definition) is 5. The summed E-state index contributed by atoms with van der Waals surface area (Å²) in [6, 6.07) is 0. The van der Waals surface area contributed by atoms with Crippen molar-refractivity contribution in [1.82, 2.24) is 39.9 Å². The lowest BCUT2D eigenvalue weighted by molar-refractivity contribution is -0.870. The highest BCUT2D eigenvalue weighted by atomic mass is 32.2. The molecule has 4 N–H and O–H groups in total. The number of amidine groups is 1. The van der Waals surface area contributed by atoms with E-state index in [1.165, 1.54) is 40.0 Å². The monoisotopic (exact) mass is 701 g/mol. The number of nitrogens with one attached hydrogen (secondary N) is 4. The fraction of sp³-hybridized carbons (Fsp3) is 0.639. The van der Waals surface area contributed by atoms with Gasteiger partial charge in [0.2, 0.25) is 0 Å². The van der Waals surface area contributed by atoms with Gasteiger partial charge in [0.1, 0.15) is 19.9 Å². The van der Waals surface area contributed by atoms with E-state index < -0.39 is 0 Å². The SMILES string of the molecule is Cc1[nH]cnc1CC[N+](C)(C)C.Cc1[nH]cnc1CSCC[N+](C)(C)C(CCCc1cnc[nH]1)=[N+](C)C.Cc1ncc(CC[N+](C)(C)C)[nH]1. The van der Waals surface area contributed by atoms with Gasteiger partial charge < -0.3 is 28.9 Å². The van der Waals surface area contributed by atoms with Crippen molar-refractivity contribution in [1.29, 1.82) is 0 Å². The van der Waals surface area contributed by atoms with E-state index in [2.05, 4.69) is 129 Å². The number of imidazole rings is 4. The lowest BCUT2D eigenvalue weighted by Crippen LogP contribution is -2.50. The summed E-state index contributed by atoms with van der Waals surface area (Å²) in [4.78, 5) is 29.5. The fourth-order valence-electron chi connectivity index (χ4n) is 5.18. The van der Waals surface area contributed by atoms with E-state index in [9.17, 15) is 0 Å². The van der Waals surface area contributed by atoms with Crippen molar-refractivity contribution in [3.63, 3.8) is 0 Å². The third-order valence-corrected chi connectivity index (χ3v) is 9.29. The molecular weight excluding hydrogens is 633 g/mol. The highest BCUT2D eigenvalue weighted by Gasteiger charge is 2.30. The first-order chi connectivity index (χ1) is 22.9. The molecule has 49 heavy (non-hydrogen) atoms. The van der Waals surface area contributed by atoms with Gasteiger partial charge >= 0.3 is 5.84 Å². The van der Waals surface area contributed by atoms with Gasteiger partial charge in [0.15, 0.2) is 0 Å². The average molecular weight is 701 g/mol. The highest BCUT2D eigenvalue weighted by Crippen LogP contribution is 2.15. The Bertz CT molecular complexity index is 1490. The molecule has 13 heteroatoms. The van der Waals surface area contributed by atoms with Crippen LogP contribution in [-0.2, 0) is 25.0 Å². The molecule has 0 aliphatic rings. The zero-order valence-corrected chi connectivity index (χ0v) is 33.8. The lowest BCUT2D eigenvalue weighted by Gasteiger charge is -2.27. The molecule has 0 amide bonds. The minimum absolute atomic E-state index is 0.933. The number of aromatic amines is 4. The normalized spacial score (nSPS) is 11.9. The second kappa shape index (κ2) is 19.8. The Morgan fingerprint density at radius 2 is 1.31 bits per heavy atom. The molecule has 0 unspecified atom stereocenters. The third kappa shape index (κ3) is 17.3. The second-order valence-electron chi connectivity index (χ2n) is 15.7. The topological polar surface area (TPSA) is 118 Å². The Balaban J connectivity index is 0.000000289. The first-order valence-corrected chi connectivity index (χ1v) is 18.5. The summed E-state index contributed by atoms with van der Waals surface area (Å²) in [5.41, 5.74) is 7.20. The van der Waals surface area contributed by atoms with Gasteiger partial charge in [-0.05, 0) is 33.6 Å². The van der Waals surface area contributed by atoms with Crippen molar-refractivity contribution < 1.29 is 18.0 Å². The van der Waals surface area contributed by atoms with Crippen LogP contribution in [0.3, 0.4) is 0 Å². The van der Waals surface area contributed by atoms with Crippen LogP contribution in [0.25, 0.3) is 0 Å². The number of quaternary nitrogens is 3. The van der Waals surface area contributed by atoms with E-state index in [4.69, 9.17) is 0 Å². The molecule has 0 aromatic carbocycles. The Hall–Kier alpha value is -3.26. The molecule has 0 bridgehead atoms. The fourth-order valence-corrected chi connectivity index (χ4v) is 6.40. The van der Waals surface area contributed by atoms with E-state index in [0.29, 0.717) is 0 Å². The quantitative estimate of drug-likeness (QED) is 0.0483. The third-order valence-electron chi connectivity index (χ3n) is 8.35. The van der Waals surface area contributed by atoms with Gasteiger partial charge in [0.05, 0.1) is 113 Å². The van der Waals surface area contributed by atoms with E-state index in [1.807, 2.05) is 31.1 Å². The molecule has 0 aliphatic heterocycles. The smallest absolute Gasteiger partial charge is 0.337 e. The first kappa shape index (κ1) is 41.9. The predicted octanol–water partition coefficient (Wildman–Crippen LogP) is 4.38. The van der Waals surface area contributed by atoms with E-state index in [1.54, 1.807) is 19.0 Å². The van der Waals surface area contributed by atoms with E-state index in [-0.39, 0.29) is 0 Å². The number of likely N-dealkylation sites (N-methyl/N-ethyl adjacent to an activating group) is 2. The Morgan fingerprint density at radius 1 is 0.694 bits per heavy atom. The van der Waals surface area contributed by atoms with Crippen LogP contribution in [-0.4, -0.2) is 160 Å². The van der Waals surface area contributed by atoms with Crippen LogP contribution in [0, 0.1) is 20.8 Å². The number of rotatable bonds is 15. The van der Waals surface area contributed by atoms with Gasteiger partial charge in [-0.25, -0.2) is 24.4 Å². The van der Waals surface area contributed by atoms with Gasteiger partial charge in [0, 0.05) is 59.5 Å². The van der Waals surface area contributed by atoms with Gasteiger partial charge in [-0.15, -0.1) is 11.8 Å². The lowest BCUT2D eigenvalue weighted by atomic mass is 10.1. The van der Waals surface area contributed by atoms with Gasteiger partial charge in [-0.1, -0.05) is 0 Å². The van der Waals surface area contributed by atoms with Gasteiger partial charge in [0.25, 0.3) is 0 Å². The number of hydrogen-bond donors (Lipinski definition) is 4. The first-order valence-electron chi connectivity index (χ1n) is 17.4. The molecule has 0 fully saturated rings. The predicted molar refractivity (Wildman–Crippen MR) is 205 cm³/mol. The van der Waals surface area contributed by atoms with Crippen molar-refractivity contribution in [3.8, 4) is 0 Å². The Labute approximate surface area is 300 Å². The highest BCUT2D eigenvalue weighted by molar-refractivity contribution is 7.98. The van der Waals surface area contributed by atoms with Crippen molar-refractivity contribution in [3.05, 3.63) is 71.4 Å². The van der Waals surface area contributed by atoms with E-state index in [0.717, 1.165) is 82.5 Å². The molecule has 0 spiro atoms. The molecule has 0 saturated carbocycles. The second-order valence-corrected chi connectivity index (χ2v) is 16.8. The minimum atomic E-state index is 0.933. The summed E-state index contributed by atoms with van der Waals surface area (Å²) in [6.45, 7) is 9.52. The minimum Gasteiger partial charge on any atom is -0.348 e. The largest absolute Gasteiger partial charge is 0.348 e. The summed E-state index contributed by atoms with van der Waals surface area (Å²) >= 11 is 1.96. The van der Waals surface area contributed by atoms with Gasteiger partial charge in [-0.3, -0.25) is 0 Å². The van der Waals surface area contributed by atoms with Crippen molar-refractivity contribution in [2.45, 2.75) is 58.6 Å². The Kier molecular flexibility index (Phi) is 16.9. The summed E-state index contributed by atoms with van der Waals surface area (Å²) in [5.74, 6) is 4.58. The Morgan fingerprint density at radius 3 is 1.80 bits per heavy atom. The van der Waals surface area contributed by atoms with Crippen molar-refractivity contribution in [2.75, 3.05) is 95.9 Å². The number of thioether (sulfide) groups is 1. The molecule has 4 rings (SSSR count). The van der Waals surface area contributed by atoms with Crippen LogP contribution in [0.2, 0.25) is 0 Å². The standard InChI is InChI=1S/C18H32N6S.2C9H18N3/c1-15-17(22-14-20-15)12-25-10-9-24(4,5)18(23(2)3)8-6-7-16-11-19-13-21-16;1-8-9(11-7-10-8)5-6-12(2,3)4;1-8-10-7-9(11-8)5-6-12(2,3)4/h11,13-14H,6-10,12H2,1-5H3,(H,19,21)(H,20,22);2*7H,5-6H2,1-4H3,(H,10,11)/q+2;2*+1. The van der Waals surface area contributed by atoms with Crippen LogP contribution in [0.4, 0.5) is 0 Å². The summed E-state index contributed by atoms with van der Waals surface area (Å²) in [6.07, 6.45) is 14.5. The molecule has 274 valence electrons. The zero-order chi connectivity index (χ0) is 36.7. The summed E-state index contributed by atoms with van der Waals surface area (Å²) in [7, 11) is 22.1. The number of aromatic nitrogens is 8. The molecule has 4 aromatic heterocycles. The number of nitrogens with zero attached hydrogens (tertiary/aromatic N) is 8. The molecule has 12 nitrogen and oxygen atoms in total. The molecule has 0 aliphatic carbocycles. The molecule has 0 saturated heterocycles. The summed E-state index contributed by atoms with van der Waals surface area (Å²) < 4.78 is 5.21. The number of aryl methyl sites for hydroxylation is 4. The van der Waals surface area contributed by atoms with Crippen molar-refractivity contribution >= 4 is 17.6 Å². The maximum atomic E-state index is 4.37. The van der Waals surface area contributed by atoms with Crippen LogP contribution in [0.15, 0.2) is 31.4 Å². The van der Waals surface area contributed by atoms with E-state index >= 15 is 0 Å². The molecule has 4 aromatic rings. The maximum Gasteiger partial charge on any atom is 0.337 e. The number of H-pyrrole nitrogens is 4.